The molecule has 1 heterocycles. The number of nitrogens with one attached hydrogen (secondary N) is 1. The number of carbonyl (C=O) groups is 2. The van der Waals surface area contributed by atoms with Crippen LogP contribution in [0.5, 0.6) is 0 Å². The molecule has 0 spiro atoms. The standard InChI is InChI=1S/C24H27FN2O2/c25-20-9-6-7-18(13-20)15-26-22(28)14-24(11-4-1-5-12-24)17-27-16-19-8-2-3-10-21(19)23(27)29/h2-3,6-10,13H,1,4-5,11-12,14-17H2,(H,26,28). The minimum atomic E-state index is -0.299. The summed E-state index contributed by atoms with van der Waals surface area (Å²) in [6, 6.07) is 14.0. The minimum absolute atomic E-state index is 0.0275. The number of hydrogen-bond donors (Lipinski definition) is 1. The second-order valence-electron chi connectivity index (χ2n) is 8.46. The number of amides is 2. The number of halogens is 1. The smallest absolute Gasteiger partial charge is 0.254 e. The fraction of sp³-hybridized carbons (Fsp3) is 0.417. The molecule has 0 aromatic heterocycles. The second kappa shape index (κ2) is 8.36. The molecule has 0 bridgehead atoms. The first-order chi connectivity index (χ1) is 14.0. The summed E-state index contributed by atoms with van der Waals surface area (Å²) >= 11 is 0. The van der Waals surface area contributed by atoms with E-state index in [2.05, 4.69) is 5.32 Å². The van der Waals surface area contributed by atoms with Gasteiger partial charge in [-0.1, -0.05) is 49.6 Å². The third-order valence-corrected chi connectivity index (χ3v) is 6.25. The van der Waals surface area contributed by atoms with Crippen LogP contribution in [0.3, 0.4) is 0 Å². The van der Waals surface area contributed by atoms with Crippen molar-refractivity contribution in [3.63, 3.8) is 0 Å². The average molecular weight is 394 g/mol. The monoisotopic (exact) mass is 394 g/mol. The number of rotatable bonds is 6. The highest BCUT2D eigenvalue weighted by atomic mass is 19.1. The topological polar surface area (TPSA) is 49.4 Å². The van der Waals surface area contributed by atoms with E-state index in [1.807, 2.05) is 29.2 Å². The normalized spacial score (nSPS) is 17.8. The lowest BCUT2D eigenvalue weighted by molar-refractivity contribution is -0.124. The zero-order valence-corrected chi connectivity index (χ0v) is 16.6. The minimum Gasteiger partial charge on any atom is -0.352 e. The Labute approximate surface area is 171 Å². The lowest BCUT2D eigenvalue weighted by Crippen LogP contribution is -2.42. The lowest BCUT2D eigenvalue weighted by atomic mass is 9.71. The van der Waals surface area contributed by atoms with Gasteiger partial charge in [0.2, 0.25) is 5.91 Å². The van der Waals surface area contributed by atoms with E-state index in [0.717, 1.165) is 42.4 Å². The molecule has 2 amide bonds. The van der Waals surface area contributed by atoms with Gasteiger partial charge in [-0.2, -0.15) is 0 Å². The molecule has 0 saturated heterocycles. The van der Waals surface area contributed by atoms with Crippen LogP contribution in [0, 0.1) is 11.2 Å². The number of nitrogens with zero attached hydrogens (tertiary/aromatic N) is 1. The molecule has 152 valence electrons. The largest absolute Gasteiger partial charge is 0.352 e. The fourth-order valence-corrected chi connectivity index (χ4v) is 4.79. The summed E-state index contributed by atoms with van der Waals surface area (Å²) in [6.07, 6.45) is 5.68. The van der Waals surface area contributed by atoms with Gasteiger partial charge in [0, 0.05) is 31.6 Å². The molecule has 0 unspecified atom stereocenters. The molecule has 2 aromatic rings. The maximum atomic E-state index is 13.4. The van der Waals surface area contributed by atoms with Gasteiger partial charge in [-0.25, -0.2) is 4.39 Å². The van der Waals surface area contributed by atoms with Gasteiger partial charge < -0.3 is 10.2 Å². The van der Waals surface area contributed by atoms with Crippen molar-refractivity contribution in [3.05, 3.63) is 71.0 Å². The van der Waals surface area contributed by atoms with Crippen LogP contribution in [0.2, 0.25) is 0 Å². The molecule has 4 nitrogen and oxygen atoms in total. The molecule has 1 N–H and O–H groups in total. The summed E-state index contributed by atoms with van der Waals surface area (Å²) in [5.41, 5.74) is 2.43. The van der Waals surface area contributed by atoms with Gasteiger partial charge in [-0.05, 0) is 47.6 Å². The maximum Gasteiger partial charge on any atom is 0.254 e. The molecule has 0 atom stereocenters. The number of carbonyl (C=O) groups excluding carboxylic acids is 2. The molecule has 5 heteroatoms. The predicted octanol–water partition coefficient (Wildman–Crippen LogP) is 4.44. The zero-order chi connectivity index (χ0) is 20.3. The summed E-state index contributed by atoms with van der Waals surface area (Å²) in [5.74, 6) is -0.251. The molecule has 0 radical (unpaired) electrons. The lowest BCUT2D eigenvalue weighted by Gasteiger charge is -2.39. The van der Waals surface area contributed by atoms with Crippen LogP contribution in [0.15, 0.2) is 48.5 Å². The molecule has 1 fully saturated rings. The van der Waals surface area contributed by atoms with Crippen molar-refractivity contribution in [3.8, 4) is 0 Å². The van der Waals surface area contributed by atoms with Gasteiger partial charge in [0.15, 0.2) is 0 Å². The van der Waals surface area contributed by atoms with E-state index in [1.165, 1.54) is 18.6 Å². The first-order valence-corrected chi connectivity index (χ1v) is 10.4. The Balaban J connectivity index is 1.42. The Morgan fingerprint density at radius 1 is 1.07 bits per heavy atom. The molecule has 1 aliphatic heterocycles. The molecule has 1 saturated carbocycles. The van der Waals surface area contributed by atoms with E-state index in [0.29, 0.717) is 26.1 Å². The van der Waals surface area contributed by atoms with Gasteiger partial charge in [-0.15, -0.1) is 0 Å². The van der Waals surface area contributed by atoms with Crippen molar-refractivity contribution in [1.29, 1.82) is 0 Å². The van der Waals surface area contributed by atoms with E-state index in [9.17, 15) is 14.0 Å². The Hall–Kier alpha value is -2.69. The van der Waals surface area contributed by atoms with E-state index in [-0.39, 0.29) is 23.0 Å². The highest BCUT2D eigenvalue weighted by molar-refractivity contribution is 5.98. The van der Waals surface area contributed by atoms with Crippen LogP contribution in [0.25, 0.3) is 0 Å². The highest BCUT2D eigenvalue weighted by Gasteiger charge is 2.39. The summed E-state index contributed by atoms with van der Waals surface area (Å²) in [5, 5.41) is 2.94. The Morgan fingerprint density at radius 3 is 2.62 bits per heavy atom. The number of fused-ring (bicyclic) bond motifs is 1. The average Bonchev–Trinajstić information content (AvgIpc) is 3.02. The van der Waals surface area contributed by atoms with Crippen LogP contribution in [-0.4, -0.2) is 23.3 Å². The highest BCUT2D eigenvalue weighted by Crippen LogP contribution is 2.41. The molecular formula is C24H27FN2O2. The van der Waals surface area contributed by atoms with Crippen LogP contribution in [0.4, 0.5) is 4.39 Å². The van der Waals surface area contributed by atoms with Gasteiger partial charge >= 0.3 is 0 Å². The van der Waals surface area contributed by atoms with E-state index < -0.39 is 0 Å². The molecule has 4 rings (SSSR count). The summed E-state index contributed by atoms with van der Waals surface area (Å²) in [6.45, 7) is 1.57. The van der Waals surface area contributed by atoms with Gasteiger partial charge in [0.1, 0.15) is 5.82 Å². The Bertz CT molecular complexity index is 905. The van der Waals surface area contributed by atoms with Crippen molar-refractivity contribution in [2.45, 2.75) is 51.6 Å². The van der Waals surface area contributed by atoms with Gasteiger partial charge in [-0.3, -0.25) is 9.59 Å². The van der Waals surface area contributed by atoms with Crippen LogP contribution >= 0.6 is 0 Å². The van der Waals surface area contributed by atoms with Crippen molar-refractivity contribution < 1.29 is 14.0 Å². The molecular weight excluding hydrogens is 367 g/mol. The van der Waals surface area contributed by atoms with Crippen molar-refractivity contribution >= 4 is 11.8 Å². The van der Waals surface area contributed by atoms with Gasteiger partial charge in [0.25, 0.3) is 5.91 Å². The zero-order valence-electron chi connectivity index (χ0n) is 16.6. The van der Waals surface area contributed by atoms with Crippen molar-refractivity contribution in [1.82, 2.24) is 10.2 Å². The number of benzene rings is 2. The summed E-state index contributed by atoms with van der Waals surface area (Å²) in [7, 11) is 0. The first kappa shape index (κ1) is 19.6. The van der Waals surface area contributed by atoms with E-state index >= 15 is 0 Å². The SMILES string of the molecule is O=C(CC1(CN2Cc3ccccc3C2=O)CCCCC1)NCc1cccc(F)c1. The van der Waals surface area contributed by atoms with Crippen LogP contribution < -0.4 is 5.32 Å². The third kappa shape index (κ3) is 4.50. The van der Waals surface area contributed by atoms with Crippen LogP contribution in [0.1, 0.15) is 60.0 Å². The fourth-order valence-electron chi connectivity index (χ4n) is 4.79. The van der Waals surface area contributed by atoms with Crippen LogP contribution in [-0.2, 0) is 17.9 Å². The summed E-state index contributed by atoms with van der Waals surface area (Å²) < 4.78 is 13.4. The molecule has 1 aliphatic carbocycles. The molecule has 29 heavy (non-hydrogen) atoms. The number of hydrogen-bond acceptors (Lipinski definition) is 2. The van der Waals surface area contributed by atoms with E-state index in [1.54, 1.807) is 12.1 Å². The Kier molecular flexibility index (Phi) is 5.65. The quantitative estimate of drug-likeness (QED) is 0.788. The predicted molar refractivity (Wildman–Crippen MR) is 110 cm³/mol. The van der Waals surface area contributed by atoms with E-state index in [4.69, 9.17) is 0 Å². The second-order valence-corrected chi connectivity index (χ2v) is 8.46. The third-order valence-electron chi connectivity index (χ3n) is 6.25. The molecule has 2 aromatic carbocycles. The molecule has 2 aliphatic rings. The summed E-state index contributed by atoms with van der Waals surface area (Å²) in [4.78, 5) is 27.5. The Morgan fingerprint density at radius 2 is 1.86 bits per heavy atom. The first-order valence-electron chi connectivity index (χ1n) is 10.4. The maximum absolute atomic E-state index is 13.4. The van der Waals surface area contributed by atoms with Crippen molar-refractivity contribution in [2.24, 2.45) is 5.41 Å². The van der Waals surface area contributed by atoms with Gasteiger partial charge in [0.05, 0.1) is 0 Å². The van der Waals surface area contributed by atoms with Crippen molar-refractivity contribution in [2.75, 3.05) is 6.54 Å².